The van der Waals surface area contributed by atoms with Gasteiger partial charge in [-0.15, -0.1) is 5.10 Å². The summed E-state index contributed by atoms with van der Waals surface area (Å²) in [5, 5.41) is 15.2. The fourth-order valence-corrected chi connectivity index (χ4v) is 3.18. The maximum Gasteiger partial charge on any atom is 0.234 e. The van der Waals surface area contributed by atoms with Crippen molar-refractivity contribution in [3.8, 4) is 5.69 Å². The van der Waals surface area contributed by atoms with Crippen molar-refractivity contribution in [2.24, 2.45) is 0 Å². The molecule has 6 nitrogen and oxygen atoms in total. The van der Waals surface area contributed by atoms with E-state index in [1.807, 2.05) is 56.3 Å². The van der Waals surface area contributed by atoms with Gasteiger partial charge in [0.2, 0.25) is 11.1 Å². The van der Waals surface area contributed by atoms with Crippen molar-refractivity contribution in [3.63, 3.8) is 0 Å². The maximum atomic E-state index is 12.2. The molecule has 3 rings (SSSR count). The number of benzene rings is 2. The molecule has 0 saturated carbocycles. The number of nitrogens with one attached hydrogen (secondary N) is 1. The summed E-state index contributed by atoms with van der Waals surface area (Å²) in [6.45, 7) is 3.98. The van der Waals surface area contributed by atoms with Gasteiger partial charge in [0, 0.05) is 10.2 Å². The fourth-order valence-electron chi connectivity index (χ4n) is 2.24. The first kappa shape index (κ1) is 17.6. The number of amides is 1. The average Bonchev–Trinajstić information content (AvgIpc) is 3.05. The Hall–Kier alpha value is -2.19. The van der Waals surface area contributed by atoms with Crippen molar-refractivity contribution >= 4 is 39.3 Å². The van der Waals surface area contributed by atoms with Crippen LogP contribution in [0.3, 0.4) is 0 Å². The Bertz CT molecular complexity index is 912. The van der Waals surface area contributed by atoms with Gasteiger partial charge in [0.1, 0.15) is 0 Å². The van der Waals surface area contributed by atoms with E-state index in [0.717, 1.165) is 27.0 Å². The third-order valence-corrected chi connectivity index (χ3v) is 5.27. The molecule has 0 unspecified atom stereocenters. The molecule has 1 N–H and O–H groups in total. The molecule has 128 valence electrons. The van der Waals surface area contributed by atoms with Gasteiger partial charge in [0.25, 0.3) is 0 Å². The number of aromatic nitrogens is 4. The van der Waals surface area contributed by atoms with Gasteiger partial charge in [-0.25, -0.2) is 0 Å². The van der Waals surface area contributed by atoms with Crippen molar-refractivity contribution in [3.05, 3.63) is 58.1 Å². The number of hydrogen-bond acceptors (Lipinski definition) is 5. The van der Waals surface area contributed by atoms with Crippen molar-refractivity contribution in [2.45, 2.75) is 19.0 Å². The monoisotopic (exact) mass is 417 g/mol. The molecule has 3 aromatic rings. The molecule has 8 heteroatoms. The number of tetrazole rings is 1. The molecule has 0 aliphatic heterocycles. The quantitative estimate of drug-likeness (QED) is 0.639. The van der Waals surface area contributed by atoms with Crippen molar-refractivity contribution in [1.82, 2.24) is 20.2 Å². The van der Waals surface area contributed by atoms with Crippen LogP contribution in [0.25, 0.3) is 5.69 Å². The van der Waals surface area contributed by atoms with Crippen LogP contribution >= 0.6 is 27.7 Å². The van der Waals surface area contributed by atoms with Crippen LogP contribution in [-0.2, 0) is 4.79 Å². The number of anilines is 1. The average molecular weight is 418 g/mol. The summed E-state index contributed by atoms with van der Waals surface area (Å²) >= 11 is 4.74. The highest BCUT2D eigenvalue weighted by Crippen LogP contribution is 2.21. The minimum Gasteiger partial charge on any atom is -0.325 e. The highest BCUT2D eigenvalue weighted by atomic mass is 79.9. The van der Waals surface area contributed by atoms with E-state index < -0.39 is 0 Å². The fraction of sp³-hybridized carbons (Fsp3) is 0.176. The molecule has 1 amide bonds. The van der Waals surface area contributed by atoms with E-state index in [0.29, 0.717) is 5.16 Å². The molecular formula is C17H16BrN5OS. The Labute approximate surface area is 158 Å². The topological polar surface area (TPSA) is 72.7 Å². The second-order valence-corrected chi connectivity index (χ2v) is 7.31. The Morgan fingerprint density at radius 1 is 1.24 bits per heavy atom. The molecule has 0 bridgehead atoms. The van der Waals surface area contributed by atoms with E-state index in [4.69, 9.17) is 0 Å². The Kier molecular flexibility index (Phi) is 5.50. The second kappa shape index (κ2) is 7.79. The van der Waals surface area contributed by atoms with Crippen molar-refractivity contribution < 1.29 is 4.79 Å². The summed E-state index contributed by atoms with van der Waals surface area (Å²) < 4.78 is 2.64. The molecule has 0 aliphatic carbocycles. The number of rotatable bonds is 5. The van der Waals surface area contributed by atoms with Crippen LogP contribution in [0.5, 0.6) is 0 Å². The number of aryl methyl sites for hydroxylation is 2. The predicted molar refractivity (Wildman–Crippen MR) is 102 cm³/mol. The molecule has 0 aliphatic rings. The highest BCUT2D eigenvalue weighted by molar-refractivity contribution is 9.10. The second-order valence-electron chi connectivity index (χ2n) is 5.51. The summed E-state index contributed by atoms with van der Waals surface area (Å²) in [6, 6.07) is 13.6. The van der Waals surface area contributed by atoms with Gasteiger partial charge in [0.05, 0.1) is 11.4 Å². The zero-order valence-corrected chi connectivity index (χ0v) is 16.1. The lowest BCUT2D eigenvalue weighted by atomic mass is 10.2. The van der Waals surface area contributed by atoms with Gasteiger partial charge < -0.3 is 5.32 Å². The lowest BCUT2D eigenvalue weighted by Gasteiger charge is -2.07. The van der Waals surface area contributed by atoms with Gasteiger partial charge in [-0.2, -0.15) is 4.68 Å². The van der Waals surface area contributed by atoms with Crippen LogP contribution < -0.4 is 5.32 Å². The summed E-state index contributed by atoms with van der Waals surface area (Å²) in [5.74, 6) is 0.118. The molecule has 0 spiro atoms. The zero-order chi connectivity index (χ0) is 17.8. The van der Waals surface area contributed by atoms with Crippen molar-refractivity contribution in [2.75, 3.05) is 11.1 Å². The molecule has 0 radical (unpaired) electrons. The van der Waals surface area contributed by atoms with Crippen molar-refractivity contribution in [1.29, 1.82) is 0 Å². The van der Waals surface area contributed by atoms with E-state index in [2.05, 4.69) is 36.8 Å². The highest BCUT2D eigenvalue weighted by Gasteiger charge is 2.12. The van der Waals surface area contributed by atoms with E-state index >= 15 is 0 Å². The van der Waals surface area contributed by atoms with E-state index in [-0.39, 0.29) is 11.7 Å². The normalized spacial score (nSPS) is 10.7. The van der Waals surface area contributed by atoms with Crippen LogP contribution in [-0.4, -0.2) is 31.9 Å². The summed E-state index contributed by atoms with van der Waals surface area (Å²) in [6.07, 6.45) is 0. The number of thioether (sulfide) groups is 1. The largest absolute Gasteiger partial charge is 0.325 e. The lowest BCUT2D eigenvalue weighted by Crippen LogP contribution is -2.14. The third kappa shape index (κ3) is 4.46. The summed E-state index contributed by atoms with van der Waals surface area (Å²) in [5.41, 5.74) is 3.82. The van der Waals surface area contributed by atoms with E-state index in [1.54, 1.807) is 4.68 Å². The molecule has 0 saturated heterocycles. The Morgan fingerprint density at radius 3 is 2.84 bits per heavy atom. The zero-order valence-electron chi connectivity index (χ0n) is 13.7. The van der Waals surface area contributed by atoms with Gasteiger partial charge >= 0.3 is 0 Å². The minimum absolute atomic E-state index is 0.106. The molecular weight excluding hydrogens is 402 g/mol. The Morgan fingerprint density at radius 2 is 2.08 bits per heavy atom. The first-order valence-corrected chi connectivity index (χ1v) is 9.35. The first-order valence-electron chi connectivity index (χ1n) is 7.57. The molecule has 2 aromatic carbocycles. The minimum atomic E-state index is -0.106. The molecule has 0 atom stereocenters. The Balaban J connectivity index is 1.65. The van der Waals surface area contributed by atoms with Gasteiger partial charge in [-0.05, 0) is 65.7 Å². The number of nitrogens with zero attached hydrogens (tertiary/aromatic N) is 4. The first-order chi connectivity index (χ1) is 12.0. The van der Waals surface area contributed by atoms with E-state index in [1.165, 1.54) is 11.8 Å². The standard InChI is InChI=1S/C17H16BrN5OS/c1-11-4-3-5-14(8-11)23-17(20-21-22-23)25-10-16(24)19-13-6-7-15(18)12(2)9-13/h3-9H,10H2,1-2H3,(H,19,24). The molecule has 1 aromatic heterocycles. The van der Waals surface area contributed by atoms with Gasteiger partial charge in [-0.3, -0.25) is 4.79 Å². The number of carbonyl (C=O) groups excluding carboxylic acids is 1. The lowest BCUT2D eigenvalue weighted by molar-refractivity contribution is -0.113. The van der Waals surface area contributed by atoms with E-state index in [9.17, 15) is 4.79 Å². The van der Waals surface area contributed by atoms with Crippen LogP contribution in [0.15, 0.2) is 52.1 Å². The number of hydrogen-bond donors (Lipinski definition) is 1. The summed E-state index contributed by atoms with van der Waals surface area (Å²) in [4.78, 5) is 12.2. The molecule has 1 heterocycles. The van der Waals surface area contributed by atoms with Crippen LogP contribution in [0, 0.1) is 13.8 Å². The van der Waals surface area contributed by atoms with Gasteiger partial charge in [0.15, 0.2) is 0 Å². The number of halogens is 1. The molecule has 0 fully saturated rings. The van der Waals surface area contributed by atoms with Crippen LogP contribution in [0.1, 0.15) is 11.1 Å². The van der Waals surface area contributed by atoms with Crippen LogP contribution in [0.4, 0.5) is 5.69 Å². The predicted octanol–water partition coefficient (Wildman–Crippen LogP) is 3.77. The summed E-state index contributed by atoms with van der Waals surface area (Å²) in [7, 11) is 0. The SMILES string of the molecule is Cc1cccc(-n2nnnc2SCC(=O)Nc2ccc(Br)c(C)c2)c1. The maximum absolute atomic E-state index is 12.2. The number of carbonyl (C=O) groups is 1. The third-order valence-electron chi connectivity index (χ3n) is 3.46. The smallest absolute Gasteiger partial charge is 0.234 e. The van der Waals surface area contributed by atoms with Gasteiger partial charge in [-0.1, -0.05) is 39.8 Å². The molecule has 25 heavy (non-hydrogen) atoms. The van der Waals surface area contributed by atoms with Crippen LogP contribution in [0.2, 0.25) is 0 Å².